The Morgan fingerprint density at radius 1 is 1.05 bits per heavy atom. The van der Waals surface area contributed by atoms with Gasteiger partial charge in [0.2, 0.25) is 11.8 Å². The second-order valence-corrected chi connectivity index (χ2v) is 13.1. The fourth-order valence-electron chi connectivity index (χ4n) is 5.07. The van der Waals surface area contributed by atoms with Crippen LogP contribution in [0.4, 0.5) is 11.4 Å². The molecule has 0 radical (unpaired) electrons. The van der Waals surface area contributed by atoms with Gasteiger partial charge in [0.1, 0.15) is 11.0 Å². The molecule has 3 atom stereocenters. The Morgan fingerprint density at radius 2 is 1.78 bits per heavy atom. The van der Waals surface area contributed by atoms with E-state index in [1.807, 2.05) is 37.3 Å². The number of nitrogens with one attached hydrogen (secondary N) is 2. The van der Waals surface area contributed by atoms with Gasteiger partial charge in [-0.15, -0.1) is 0 Å². The summed E-state index contributed by atoms with van der Waals surface area (Å²) in [6.45, 7) is 1.68. The first-order valence-corrected chi connectivity index (χ1v) is 15.4. The van der Waals surface area contributed by atoms with Crippen LogP contribution in [-0.2, 0) is 14.4 Å². The first-order chi connectivity index (χ1) is 19.7. The molecule has 0 bridgehead atoms. The molecule has 1 fully saturated rings. The number of benzene rings is 3. The summed E-state index contributed by atoms with van der Waals surface area (Å²) in [6, 6.07) is 19.2. The normalized spacial score (nSPS) is 19.6. The second kappa shape index (κ2) is 11.1. The van der Waals surface area contributed by atoms with Crippen LogP contribution in [0.1, 0.15) is 21.9 Å². The van der Waals surface area contributed by atoms with Crippen LogP contribution in [0.5, 0.6) is 5.75 Å². The quantitative estimate of drug-likeness (QED) is 0.245. The van der Waals surface area contributed by atoms with Crippen molar-refractivity contribution in [3.05, 3.63) is 102 Å². The Bertz CT molecular complexity index is 1740. The van der Waals surface area contributed by atoms with E-state index in [9.17, 15) is 19.2 Å². The van der Waals surface area contributed by atoms with Crippen molar-refractivity contribution in [3.63, 3.8) is 0 Å². The number of anilines is 2. The molecule has 2 N–H and O–H groups in total. The average Bonchev–Trinajstić information content (AvgIpc) is 3.44. The number of imide groups is 1. The van der Waals surface area contributed by atoms with Crippen molar-refractivity contribution < 1.29 is 19.1 Å². The molecule has 0 spiro atoms. The third kappa shape index (κ3) is 5.34. The molecular formula is C29H21BrClN3O5S2. The fraction of sp³-hybridized carbons (Fsp3) is 0.172. The lowest BCUT2D eigenvalue weighted by Crippen LogP contribution is -2.32. The van der Waals surface area contributed by atoms with Crippen LogP contribution >= 0.6 is 50.6 Å². The van der Waals surface area contributed by atoms with E-state index in [1.54, 1.807) is 36.4 Å². The lowest BCUT2D eigenvalue weighted by atomic mass is 9.82. The lowest BCUT2D eigenvalue weighted by Gasteiger charge is -2.31. The predicted molar refractivity (Wildman–Crippen MR) is 163 cm³/mol. The fourth-order valence-corrected chi connectivity index (χ4v) is 8.08. The summed E-state index contributed by atoms with van der Waals surface area (Å²) in [7, 11) is 0. The molecule has 41 heavy (non-hydrogen) atoms. The number of hydrogen-bond acceptors (Lipinski definition) is 7. The van der Waals surface area contributed by atoms with Crippen molar-refractivity contribution in [2.45, 2.75) is 23.1 Å². The van der Waals surface area contributed by atoms with E-state index in [4.69, 9.17) is 16.3 Å². The van der Waals surface area contributed by atoms with Gasteiger partial charge in [0, 0.05) is 31.5 Å². The van der Waals surface area contributed by atoms with E-state index in [0.717, 1.165) is 21.4 Å². The minimum atomic E-state index is -0.805. The molecule has 12 heteroatoms. The van der Waals surface area contributed by atoms with Gasteiger partial charge in [0.15, 0.2) is 6.61 Å². The molecular weight excluding hydrogens is 650 g/mol. The van der Waals surface area contributed by atoms with Crippen LogP contribution < -0.4 is 19.8 Å². The number of nitrogens with zero attached hydrogens (tertiary/aromatic N) is 1. The summed E-state index contributed by atoms with van der Waals surface area (Å²) in [5.74, 6) is -2.20. The first-order valence-electron chi connectivity index (χ1n) is 12.5. The van der Waals surface area contributed by atoms with Gasteiger partial charge in [-0.05, 0) is 61.5 Å². The molecule has 3 aromatic carbocycles. The number of rotatable bonds is 6. The second-order valence-electron chi connectivity index (χ2n) is 9.62. The van der Waals surface area contributed by atoms with Crippen molar-refractivity contribution in [1.82, 2.24) is 4.98 Å². The standard InChI is InChI=1S/C29H21BrClN3O5S2/c1-14-2-7-17(8-3-14)32-21(35)13-39-20-11-4-15(30)12-19(20)22-23-25(40-26-24(22)41-29(38)33-26)28(37)34(27(23)36)18-9-5-16(31)6-10-18/h2-12,22-23,25H,13H2,1H3,(H,32,35)(H,33,38)/t22-,23?,25?/m1/s1. The van der Waals surface area contributed by atoms with Crippen LogP contribution in [0.15, 0.2) is 81.0 Å². The third-order valence-corrected chi connectivity index (χ3v) is 10.1. The smallest absolute Gasteiger partial charge is 0.305 e. The summed E-state index contributed by atoms with van der Waals surface area (Å²) in [4.78, 5) is 57.2. The van der Waals surface area contributed by atoms with E-state index in [1.165, 1.54) is 16.7 Å². The van der Waals surface area contributed by atoms with Crippen LogP contribution in [0, 0.1) is 12.8 Å². The van der Waals surface area contributed by atoms with Crippen LogP contribution in [0.25, 0.3) is 0 Å². The van der Waals surface area contributed by atoms with Crippen molar-refractivity contribution in [1.29, 1.82) is 0 Å². The maximum Gasteiger partial charge on any atom is 0.305 e. The molecule has 0 aliphatic carbocycles. The number of thioether (sulfide) groups is 1. The monoisotopic (exact) mass is 669 g/mol. The summed E-state index contributed by atoms with van der Waals surface area (Å²) in [5, 5.41) is 3.08. The summed E-state index contributed by atoms with van der Waals surface area (Å²) in [5.41, 5.74) is 2.73. The van der Waals surface area contributed by atoms with Crippen LogP contribution in [-0.4, -0.2) is 34.6 Å². The SMILES string of the molecule is Cc1ccc(NC(=O)COc2ccc(Br)cc2[C@H]2c3sc(=O)[nH]c3SC3C(=O)N(c4ccc(Cl)cc4)C(=O)C32)cc1. The highest BCUT2D eigenvalue weighted by Crippen LogP contribution is 2.54. The summed E-state index contributed by atoms with van der Waals surface area (Å²) < 4.78 is 6.73. The molecule has 6 rings (SSSR count). The highest BCUT2D eigenvalue weighted by molar-refractivity contribution is 9.10. The first kappa shape index (κ1) is 27.8. The molecule has 208 valence electrons. The van der Waals surface area contributed by atoms with Gasteiger partial charge in [0.05, 0.1) is 16.6 Å². The minimum absolute atomic E-state index is 0.280. The number of hydrogen-bond donors (Lipinski definition) is 2. The number of ether oxygens (including phenoxy) is 1. The number of halogens is 2. The molecule has 1 aromatic heterocycles. The number of amides is 3. The average molecular weight is 671 g/mol. The van der Waals surface area contributed by atoms with Gasteiger partial charge >= 0.3 is 4.87 Å². The van der Waals surface area contributed by atoms with Crippen molar-refractivity contribution in [3.8, 4) is 5.75 Å². The molecule has 2 aliphatic heterocycles. The molecule has 4 aromatic rings. The minimum Gasteiger partial charge on any atom is -0.483 e. The van der Waals surface area contributed by atoms with E-state index < -0.39 is 17.1 Å². The Hall–Kier alpha value is -3.38. The maximum atomic E-state index is 14.0. The molecule has 3 heterocycles. The summed E-state index contributed by atoms with van der Waals surface area (Å²) in [6.07, 6.45) is 0. The number of aromatic nitrogens is 1. The number of thiazole rings is 1. The Balaban J connectivity index is 1.36. The summed E-state index contributed by atoms with van der Waals surface area (Å²) >= 11 is 11.7. The molecule has 2 unspecified atom stereocenters. The van der Waals surface area contributed by atoms with Gasteiger partial charge in [0.25, 0.3) is 5.91 Å². The van der Waals surface area contributed by atoms with Gasteiger partial charge in [-0.3, -0.25) is 19.2 Å². The van der Waals surface area contributed by atoms with Gasteiger partial charge < -0.3 is 15.0 Å². The molecule has 3 amide bonds. The number of aromatic amines is 1. The number of fused-ring (bicyclic) bond motifs is 2. The van der Waals surface area contributed by atoms with Crippen molar-refractivity contribution in [2.24, 2.45) is 5.92 Å². The topological polar surface area (TPSA) is 109 Å². The Morgan fingerprint density at radius 3 is 2.51 bits per heavy atom. The van der Waals surface area contributed by atoms with E-state index in [0.29, 0.717) is 37.6 Å². The Kier molecular flexibility index (Phi) is 7.54. The maximum absolute atomic E-state index is 14.0. The van der Waals surface area contributed by atoms with Crippen LogP contribution in [0.3, 0.4) is 0 Å². The zero-order valence-electron chi connectivity index (χ0n) is 21.4. The molecule has 1 saturated heterocycles. The number of aryl methyl sites for hydroxylation is 1. The molecule has 8 nitrogen and oxygen atoms in total. The van der Waals surface area contributed by atoms with E-state index in [-0.39, 0.29) is 29.2 Å². The number of H-pyrrole nitrogens is 1. The van der Waals surface area contributed by atoms with Gasteiger partial charge in [-0.25, -0.2) is 4.90 Å². The lowest BCUT2D eigenvalue weighted by molar-refractivity contribution is -0.122. The highest BCUT2D eigenvalue weighted by Gasteiger charge is 2.56. The number of carbonyl (C=O) groups excluding carboxylic acids is 3. The number of carbonyl (C=O) groups is 3. The van der Waals surface area contributed by atoms with E-state index >= 15 is 0 Å². The van der Waals surface area contributed by atoms with Gasteiger partial charge in [-0.1, -0.05) is 68.3 Å². The zero-order valence-corrected chi connectivity index (χ0v) is 25.3. The van der Waals surface area contributed by atoms with Crippen molar-refractivity contribution >= 4 is 79.7 Å². The van der Waals surface area contributed by atoms with E-state index in [2.05, 4.69) is 26.2 Å². The van der Waals surface area contributed by atoms with Gasteiger partial charge in [-0.2, -0.15) is 0 Å². The van der Waals surface area contributed by atoms with Crippen LogP contribution in [0.2, 0.25) is 5.02 Å². The predicted octanol–water partition coefficient (Wildman–Crippen LogP) is 5.97. The van der Waals surface area contributed by atoms with Crippen molar-refractivity contribution in [2.75, 3.05) is 16.8 Å². The molecule has 2 aliphatic rings. The highest BCUT2D eigenvalue weighted by atomic mass is 79.9. The zero-order chi connectivity index (χ0) is 28.8. The Labute approximate surface area is 256 Å². The molecule has 0 saturated carbocycles. The third-order valence-electron chi connectivity index (χ3n) is 6.91. The largest absolute Gasteiger partial charge is 0.483 e.